The Morgan fingerprint density at radius 2 is 1.76 bits per heavy atom. The Hall–Kier alpha value is -4.30. The Balaban J connectivity index is 1.91. The first kappa shape index (κ1) is 25.8. The Labute approximate surface area is 210 Å². The molecule has 0 radical (unpaired) electrons. The van der Waals surface area contributed by atoms with Gasteiger partial charge >= 0.3 is 12.1 Å². The predicted molar refractivity (Wildman–Crippen MR) is 126 cm³/mol. The maximum Gasteiger partial charge on any atom is 0.417 e. The largest absolute Gasteiger partial charge is 0.478 e. The number of thiophene rings is 1. The van der Waals surface area contributed by atoms with E-state index in [0.29, 0.717) is 28.1 Å². The lowest BCUT2D eigenvalue weighted by atomic mass is 10.0. The molecule has 0 aliphatic rings. The number of hydrogen-bond donors (Lipinski definition) is 1. The number of nitriles is 1. The molecule has 0 bridgehead atoms. The lowest BCUT2D eigenvalue weighted by molar-refractivity contribution is -0.137. The van der Waals surface area contributed by atoms with Gasteiger partial charge in [0, 0.05) is 16.5 Å². The van der Waals surface area contributed by atoms with Crippen LogP contribution in [0.2, 0.25) is 0 Å². The number of carboxylic acid groups (broad SMARTS) is 1. The first-order valence-corrected chi connectivity index (χ1v) is 11.4. The van der Waals surface area contributed by atoms with Gasteiger partial charge in [-0.1, -0.05) is 12.1 Å². The lowest BCUT2D eigenvalue weighted by Gasteiger charge is -2.17. The van der Waals surface area contributed by atoms with Gasteiger partial charge in [0.05, 0.1) is 28.2 Å². The van der Waals surface area contributed by atoms with Crippen molar-refractivity contribution in [3.8, 4) is 27.1 Å². The molecule has 2 heterocycles. The highest BCUT2D eigenvalue weighted by molar-refractivity contribution is 7.18. The third-order valence-electron chi connectivity index (χ3n) is 5.66. The Bertz CT molecular complexity index is 1650. The molecule has 0 saturated heterocycles. The molecule has 4 aromatic rings. The smallest absolute Gasteiger partial charge is 0.417 e. The second-order valence-electron chi connectivity index (χ2n) is 8.05. The van der Waals surface area contributed by atoms with Crippen LogP contribution < -0.4 is 5.56 Å². The van der Waals surface area contributed by atoms with Crippen molar-refractivity contribution in [3.63, 3.8) is 0 Å². The molecular formula is C26H15F5N2O3S. The van der Waals surface area contributed by atoms with Crippen LogP contribution in [-0.2, 0) is 12.7 Å². The number of benzene rings is 2. The zero-order valence-corrected chi connectivity index (χ0v) is 19.7. The summed E-state index contributed by atoms with van der Waals surface area (Å²) in [7, 11) is 0. The molecule has 188 valence electrons. The quantitative estimate of drug-likeness (QED) is 0.300. The Kier molecular flexibility index (Phi) is 6.71. The molecule has 0 unspecified atom stereocenters. The van der Waals surface area contributed by atoms with Gasteiger partial charge in [0.1, 0.15) is 23.3 Å². The first-order chi connectivity index (χ1) is 17.4. The van der Waals surface area contributed by atoms with E-state index in [-0.39, 0.29) is 21.7 Å². The minimum absolute atomic E-state index is 0.0950. The van der Waals surface area contributed by atoms with Crippen LogP contribution in [0.4, 0.5) is 22.0 Å². The summed E-state index contributed by atoms with van der Waals surface area (Å²) >= 11 is 1.02. The van der Waals surface area contributed by atoms with E-state index in [2.05, 4.69) is 0 Å². The molecule has 1 N–H and O–H groups in total. The van der Waals surface area contributed by atoms with Crippen LogP contribution in [0, 0.1) is 29.9 Å². The van der Waals surface area contributed by atoms with E-state index in [1.807, 2.05) is 0 Å². The zero-order valence-electron chi connectivity index (χ0n) is 18.9. The minimum atomic E-state index is -5.01. The monoisotopic (exact) mass is 530 g/mol. The fraction of sp³-hybridized carbons (Fsp3) is 0.115. The van der Waals surface area contributed by atoms with Gasteiger partial charge in [0.15, 0.2) is 0 Å². The normalized spacial score (nSPS) is 11.4. The third-order valence-corrected chi connectivity index (χ3v) is 6.82. The molecule has 0 spiro atoms. The van der Waals surface area contributed by atoms with Gasteiger partial charge in [-0.15, -0.1) is 11.3 Å². The topological polar surface area (TPSA) is 83.1 Å². The van der Waals surface area contributed by atoms with Gasteiger partial charge in [-0.2, -0.15) is 18.4 Å². The van der Waals surface area contributed by atoms with Crippen molar-refractivity contribution in [2.24, 2.45) is 0 Å². The molecule has 0 aliphatic heterocycles. The maximum atomic E-state index is 14.4. The van der Waals surface area contributed by atoms with Crippen LogP contribution in [0.25, 0.3) is 21.0 Å². The zero-order chi connectivity index (χ0) is 27.1. The van der Waals surface area contributed by atoms with Crippen molar-refractivity contribution >= 4 is 17.3 Å². The van der Waals surface area contributed by atoms with Gasteiger partial charge in [0.2, 0.25) is 0 Å². The van der Waals surface area contributed by atoms with Gasteiger partial charge in [-0.05, 0) is 54.4 Å². The predicted octanol–water partition coefficient (Wildman–Crippen LogP) is 6.47. The number of pyridine rings is 1. The van der Waals surface area contributed by atoms with E-state index in [1.54, 1.807) is 25.1 Å². The van der Waals surface area contributed by atoms with Crippen LogP contribution in [0.15, 0.2) is 59.4 Å². The third kappa shape index (κ3) is 5.01. The van der Waals surface area contributed by atoms with Crippen LogP contribution in [-0.4, -0.2) is 15.6 Å². The van der Waals surface area contributed by atoms with Crippen molar-refractivity contribution in [2.45, 2.75) is 19.6 Å². The summed E-state index contributed by atoms with van der Waals surface area (Å²) in [6, 6.07) is 12.2. The summed E-state index contributed by atoms with van der Waals surface area (Å²) < 4.78 is 69.8. The molecule has 0 saturated carbocycles. The number of carbonyl (C=O) groups is 1. The van der Waals surface area contributed by atoms with Crippen molar-refractivity contribution in [3.05, 3.63) is 104 Å². The summed E-state index contributed by atoms with van der Waals surface area (Å²) in [6.07, 6.45) is -5.01. The highest BCUT2D eigenvalue weighted by Crippen LogP contribution is 2.38. The lowest BCUT2D eigenvalue weighted by Crippen LogP contribution is -2.28. The number of carboxylic acids is 1. The number of aryl methyl sites for hydroxylation is 1. The number of rotatable bonds is 5. The van der Waals surface area contributed by atoms with E-state index in [4.69, 9.17) is 0 Å². The summed E-state index contributed by atoms with van der Waals surface area (Å²) in [4.78, 5) is 25.1. The molecule has 0 fully saturated rings. The summed E-state index contributed by atoms with van der Waals surface area (Å²) in [5.41, 5.74) is -3.05. The Morgan fingerprint density at radius 3 is 2.35 bits per heavy atom. The van der Waals surface area contributed by atoms with Crippen molar-refractivity contribution in [1.29, 1.82) is 5.26 Å². The molecule has 0 amide bonds. The minimum Gasteiger partial charge on any atom is -0.478 e. The Morgan fingerprint density at radius 1 is 1.05 bits per heavy atom. The molecule has 0 atom stereocenters. The molecular weight excluding hydrogens is 515 g/mol. The molecule has 0 aliphatic carbocycles. The van der Waals surface area contributed by atoms with Gasteiger partial charge in [-0.3, -0.25) is 4.79 Å². The second-order valence-corrected chi connectivity index (χ2v) is 9.14. The molecule has 11 heteroatoms. The summed E-state index contributed by atoms with van der Waals surface area (Å²) in [5.74, 6) is -2.98. The van der Waals surface area contributed by atoms with Crippen molar-refractivity contribution in [2.75, 3.05) is 0 Å². The fourth-order valence-corrected chi connectivity index (χ4v) is 4.87. The molecule has 37 heavy (non-hydrogen) atoms. The maximum absolute atomic E-state index is 14.4. The summed E-state index contributed by atoms with van der Waals surface area (Å²) in [5, 5.41) is 18.6. The van der Waals surface area contributed by atoms with E-state index >= 15 is 0 Å². The van der Waals surface area contributed by atoms with E-state index in [0.717, 1.165) is 28.0 Å². The fourth-order valence-electron chi connectivity index (χ4n) is 3.85. The van der Waals surface area contributed by atoms with Crippen molar-refractivity contribution < 1.29 is 31.9 Å². The van der Waals surface area contributed by atoms with Gasteiger partial charge in [0.25, 0.3) is 5.56 Å². The average molecular weight is 530 g/mol. The van der Waals surface area contributed by atoms with Crippen LogP contribution in [0.5, 0.6) is 0 Å². The highest BCUT2D eigenvalue weighted by atomic mass is 32.1. The number of alkyl halides is 3. The SMILES string of the molecule is Cc1cc(-c2ccc(-c3cc(C(F)(F)F)c(C#N)c(=O)n3Cc3ccc(F)cc3F)s2)ccc1C(=O)O. The van der Waals surface area contributed by atoms with Crippen LogP contribution in [0.3, 0.4) is 0 Å². The molecule has 4 rings (SSSR count). The number of aromatic nitrogens is 1. The number of aromatic carboxylic acids is 1. The average Bonchev–Trinajstić information content (AvgIpc) is 3.30. The van der Waals surface area contributed by atoms with E-state index in [9.17, 15) is 41.9 Å². The second kappa shape index (κ2) is 9.63. The van der Waals surface area contributed by atoms with Crippen molar-refractivity contribution in [1.82, 2.24) is 4.57 Å². The molecule has 2 aromatic heterocycles. The summed E-state index contributed by atoms with van der Waals surface area (Å²) in [6.45, 7) is 1.05. The number of nitrogens with zero attached hydrogens (tertiary/aromatic N) is 2. The number of halogens is 5. The van der Waals surface area contributed by atoms with E-state index < -0.39 is 47.0 Å². The highest BCUT2D eigenvalue weighted by Gasteiger charge is 2.36. The van der Waals surface area contributed by atoms with E-state index in [1.165, 1.54) is 18.2 Å². The van der Waals surface area contributed by atoms with Crippen LogP contribution in [0.1, 0.15) is 32.6 Å². The molecule has 2 aromatic carbocycles. The first-order valence-electron chi connectivity index (χ1n) is 10.5. The number of hydrogen-bond acceptors (Lipinski definition) is 4. The van der Waals surface area contributed by atoms with Gasteiger partial charge < -0.3 is 9.67 Å². The standard InChI is InChI=1S/C26H15F5N2O3S/c1-13-8-14(3-5-17(13)25(35)36)22-6-7-23(37-22)21-10-19(26(29,30)31)18(11-32)24(34)33(21)12-15-2-4-16(27)9-20(15)28/h2-10H,12H2,1H3,(H,35,36). The van der Waals surface area contributed by atoms with Gasteiger partial charge in [-0.25, -0.2) is 13.6 Å². The molecule has 5 nitrogen and oxygen atoms in total. The van der Waals surface area contributed by atoms with Crippen LogP contribution >= 0.6 is 11.3 Å².